The number of hydrogen-bond donors (Lipinski definition) is 0. The maximum absolute atomic E-state index is 2.40. The first-order chi connectivity index (χ1) is 24.1. The zero-order valence-electron chi connectivity index (χ0n) is 27.7. The predicted octanol–water partition coefficient (Wildman–Crippen LogP) is 13.6. The second-order valence-corrected chi connectivity index (χ2v) is 14.0. The molecule has 0 amide bonds. The molecule has 0 unspecified atom stereocenters. The van der Waals surface area contributed by atoms with Gasteiger partial charge in [0.1, 0.15) is 0 Å². The van der Waals surface area contributed by atoms with Gasteiger partial charge < -0.3 is 0 Å². The lowest BCUT2D eigenvalue weighted by atomic mass is 9.82. The third kappa shape index (κ3) is 4.11. The summed E-state index contributed by atoms with van der Waals surface area (Å²) in [6, 6.07) is 63.2. The Hall–Kier alpha value is -5.98. The highest BCUT2D eigenvalue weighted by atomic mass is 14.4. The average Bonchev–Trinajstić information content (AvgIpc) is 3.39. The molecule has 1 aliphatic rings. The summed E-state index contributed by atoms with van der Waals surface area (Å²) >= 11 is 0. The number of benzene rings is 9. The number of rotatable bonds is 3. The van der Waals surface area contributed by atoms with Crippen LogP contribution >= 0.6 is 0 Å². The summed E-state index contributed by atoms with van der Waals surface area (Å²) in [5.41, 5.74) is 13.2. The van der Waals surface area contributed by atoms with Crippen molar-refractivity contribution in [3.63, 3.8) is 0 Å². The fraction of sp³-hybridized carbons (Fsp3) is 0.0612. The van der Waals surface area contributed by atoms with E-state index in [1.54, 1.807) is 0 Å². The molecule has 1 aliphatic carbocycles. The zero-order chi connectivity index (χ0) is 32.7. The van der Waals surface area contributed by atoms with E-state index in [4.69, 9.17) is 0 Å². The Balaban J connectivity index is 1.17. The highest BCUT2D eigenvalue weighted by molar-refractivity contribution is 6.25. The van der Waals surface area contributed by atoms with Crippen LogP contribution in [0, 0.1) is 0 Å². The number of hydrogen-bond acceptors (Lipinski definition) is 0. The molecule has 0 bridgehead atoms. The van der Waals surface area contributed by atoms with E-state index < -0.39 is 0 Å². The normalized spacial score (nSPS) is 13.3. The Morgan fingerprint density at radius 2 is 0.796 bits per heavy atom. The fourth-order valence-electron chi connectivity index (χ4n) is 8.72. The van der Waals surface area contributed by atoms with Crippen LogP contribution in [0.25, 0.3) is 87.6 Å². The molecule has 0 heteroatoms. The van der Waals surface area contributed by atoms with Crippen LogP contribution in [0.4, 0.5) is 0 Å². The summed E-state index contributed by atoms with van der Waals surface area (Å²) in [6.45, 7) is 4.68. The van der Waals surface area contributed by atoms with Crippen molar-refractivity contribution in [3.8, 4) is 44.5 Å². The standard InChI is InChI=1S/C49H34/c1-49(2)45-22-12-11-17-38(45)43-29-33(27-28-46(43)49)31-23-25-32(26-24-31)47-39-18-7-9-20-41(39)48(42-21-10-8-19-40(42)47)44-30-34-13-3-4-14-35(34)36-15-5-6-16-37(36)44/h3-30H,1-2H3. The predicted molar refractivity (Wildman–Crippen MR) is 210 cm³/mol. The highest BCUT2D eigenvalue weighted by Gasteiger charge is 2.35. The third-order valence-electron chi connectivity index (χ3n) is 11.1. The smallest absolute Gasteiger partial charge is 0.0158 e. The minimum Gasteiger partial charge on any atom is -0.0619 e. The Kier molecular flexibility index (Phi) is 6.02. The topological polar surface area (TPSA) is 0 Å². The molecule has 0 atom stereocenters. The Morgan fingerprint density at radius 3 is 1.49 bits per heavy atom. The van der Waals surface area contributed by atoms with Gasteiger partial charge in [-0.15, -0.1) is 0 Å². The van der Waals surface area contributed by atoms with Gasteiger partial charge in [0.2, 0.25) is 0 Å². The quantitative estimate of drug-likeness (QED) is 0.136. The molecule has 9 aromatic carbocycles. The van der Waals surface area contributed by atoms with Gasteiger partial charge in [0, 0.05) is 5.41 Å². The maximum Gasteiger partial charge on any atom is 0.0158 e. The lowest BCUT2D eigenvalue weighted by Crippen LogP contribution is -2.14. The molecule has 0 fully saturated rings. The maximum atomic E-state index is 2.40. The van der Waals surface area contributed by atoms with Gasteiger partial charge in [-0.25, -0.2) is 0 Å². The molecule has 0 aliphatic heterocycles. The van der Waals surface area contributed by atoms with E-state index in [1.807, 2.05) is 0 Å². The van der Waals surface area contributed by atoms with Crippen LogP contribution in [0.1, 0.15) is 25.0 Å². The minimum atomic E-state index is 0.0156. The van der Waals surface area contributed by atoms with E-state index in [2.05, 4.69) is 184 Å². The summed E-state index contributed by atoms with van der Waals surface area (Å²) < 4.78 is 0. The summed E-state index contributed by atoms with van der Waals surface area (Å²) in [5, 5.41) is 10.2. The molecule has 49 heavy (non-hydrogen) atoms. The molecule has 0 N–H and O–H groups in total. The van der Waals surface area contributed by atoms with Gasteiger partial charge in [-0.2, -0.15) is 0 Å². The van der Waals surface area contributed by atoms with Gasteiger partial charge in [-0.05, 0) is 111 Å². The molecule has 0 aromatic heterocycles. The van der Waals surface area contributed by atoms with Crippen molar-refractivity contribution in [3.05, 3.63) is 181 Å². The van der Waals surface area contributed by atoms with Crippen molar-refractivity contribution in [1.82, 2.24) is 0 Å². The molecule has 0 saturated heterocycles. The van der Waals surface area contributed by atoms with Crippen molar-refractivity contribution in [1.29, 1.82) is 0 Å². The first kappa shape index (κ1) is 28.1. The van der Waals surface area contributed by atoms with E-state index >= 15 is 0 Å². The molecule has 0 heterocycles. The zero-order valence-corrected chi connectivity index (χ0v) is 27.7. The van der Waals surface area contributed by atoms with Crippen LogP contribution in [0.15, 0.2) is 170 Å². The SMILES string of the molecule is CC1(C)c2ccccc2-c2cc(-c3ccc(-c4c5ccccc5c(-c5cc6ccccc6c6ccccc56)c5ccccc45)cc3)ccc21. The van der Waals surface area contributed by atoms with Crippen molar-refractivity contribution in [2.45, 2.75) is 19.3 Å². The highest BCUT2D eigenvalue weighted by Crippen LogP contribution is 2.50. The summed E-state index contributed by atoms with van der Waals surface area (Å²) in [5.74, 6) is 0. The van der Waals surface area contributed by atoms with Gasteiger partial charge in [-0.3, -0.25) is 0 Å². The molecule has 10 rings (SSSR count). The Labute approximate surface area is 286 Å². The van der Waals surface area contributed by atoms with E-state index in [-0.39, 0.29) is 5.41 Å². The van der Waals surface area contributed by atoms with Gasteiger partial charge in [0.15, 0.2) is 0 Å². The lowest BCUT2D eigenvalue weighted by molar-refractivity contribution is 0.660. The second kappa shape index (κ2) is 10.5. The molecule has 0 radical (unpaired) electrons. The van der Waals surface area contributed by atoms with Crippen LogP contribution in [0.3, 0.4) is 0 Å². The minimum absolute atomic E-state index is 0.0156. The molecule has 9 aromatic rings. The third-order valence-corrected chi connectivity index (χ3v) is 11.1. The van der Waals surface area contributed by atoms with Crippen molar-refractivity contribution < 1.29 is 0 Å². The Bertz CT molecular complexity index is 2720. The lowest BCUT2D eigenvalue weighted by Gasteiger charge is -2.21. The van der Waals surface area contributed by atoms with Gasteiger partial charge >= 0.3 is 0 Å². The van der Waals surface area contributed by atoms with Crippen LogP contribution in [-0.4, -0.2) is 0 Å². The second-order valence-electron chi connectivity index (χ2n) is 14.0. The molecular weight excluding hydrogens is 589 g/mol. The van der Waals surface area contributed by atoms with Crippen molar-refractivity contribution in [2.75, 3.05) is 0 Å². The van der Waals surface area contributed by atoms with E-state index in [0.717, 1.165) is 0 Å². The summed E-state index contributed by atoms with van der Waals surface area (Å²) in [6.07, 6.45) is 0. The summed E-state index contributed by atoms with van der Waals surface area (Å²) in [7, 11) is 0. The van der Waals surface area contributed by atoms with E-state index in [0.29, 0.717) is 0 Å². The molecule has 230 valence electrons. The average molecular weight is 623 g/mol. The molecule has 0 spiro atoms. The van der Waals surface area contributed by atoms with Gasteiger partial charge in [-0.1, -0.05) is 172 Å². The monoisotopic (exact) mass is 622 g/mol. The van der Waals surface area contributed by atoms with Crippen LogP contribution in [0.2, 0.25) is 0 Å². The van der Waals surface area contributed by atoms with Gasteiger partial charge in [0.25, 0.3) is 0 Å². The number of fused-ring (bicyclic) bond motifs is 8. The fourth-order valence-corrected chi connectivity index (χ4v) is 8.72. The van der Waals surface area contributed by atoms with E-state index in [9.17, 15) is 0 Å². The molecular formula is C49H34. The summed E-state index contributed by atoms with van der Waals surface area (Å²) in [4.78, 5) is 0. The van der Waals surface area contributed by atoms with Crippen molar-refractivity contribution in [2.24, 2.45) is 0 Å². The first-order valence-electron chi connectivity index (χ1n) is 17.3. The van der Waals surface area contributed by atoms with Crippen molar-refractivity contribution >= 4 is 43.1 Å². The first-order valence-corrected chi connectivity index (χ1v) is 17.3. The van der Waals surface area contributed by atoms with E-state index in [1.165, 1.54) is 98.7 Å². The Morgan fingerprint density at radius 1 is 0.306 bits per heavy atom. The van der Waals surface area contributed by atoms with Crippen LogP contribution in [-0.2, 0) is 5.41 Å². The molecule has 0 nitrogen and oxygen atoms in total. The molecule has 0 saturated carbocycles. The largest absolute Gasteiger partial charge is 0.0619 e. The van der Waals surface area contributed by atoms with Crippen LogP contribution < -0.4 is 0 Å². The van der Waals surface area contributed by atoms with Crippen LogP contribution in [0.5, 0.6) is 0 Å². The van der Waals surface area contributed by atoms with Gasteiger partial charge in [0.05, 0.1) is 0 Å².